The summed E-state index contributed by atoms with van der Waals surface area (Å²) in [4.78, 5) is 4.54. The molecular formula is C21H30BNO3. The second-order valence-corrected chi connectivity index (χ2v) is 8.50. The van der Waals surface area contributed by atoms with Gasteiger partial charge in [0.1, 0.15) is 5.60 Å². The normalized spacial score (nSPS) is 42.5. The van der Waals surface area contributed by atoms with E-state index in [0.717, 1.165) is 19.4 Å². The molecule has 3 aliphatic rings. The Labute approximate surface area is 156 Å². The van der Waals surface area contributed by atoms with Gasteiger partial charge in [0, 0.05) is 12.1 Å². The lowest BCUT2D eigenvalue weighted by atomic mass is 9.55. The van der Waals surface area contributed by atoms with Gasteiger partial charge >= 0.3 is 0 Å². The molecule has 1 aromatic rings. The molecule has 0 spiro atoms. The van der Waals surface area contributed by atoms with Crippen LogP contribution in [-0.2, 0) is 4.74 Å². The Morgan fingerprint density at radius 2 is 2.12 bits per heavy atom. The summed E-state index contributed by atoms with van der Waals surface area (Å²) in [5.74, 6) is 1.21. The van der Waals surface area contributed by atoms with Gasteiger partial charge in [-0.05, 0) is 49.7 Å². The molecule has 4 nitrogen and oxygen atoms in total. The van der Waals surface area contributed by atoms with Crippen LogP contribution in [0.15, 0.2) is 24.4 Å². The van der Waals surface area contributed by atoms with Crippen LogP contribution in [0.1, 0.15) is 44.7 Å². The maximum Gasteiger partial charge on any atom is 0.184 e. The van der Waals surface area contributed by atoms with Gasteiger partial charge in [0.05, 0.1) is 11.8 Å². The minimum atomic E-state index is -1.12. The van der Waals surface area contributed by atoms with Crippen LogP contribution in [0.5, 0.6) is 0 Å². The van der Waals surface area contributed by atoms with Crippen molar-refractivity contribution in [3.8, 4) is 0 Å². The largest absolute Gasteiger partial charge is 0.384 e. The highest BCUT2D eigenvalue weighted by Gasteiger charge is 2.61. The number of aliphatic hydroxyl groups is 2. The number of nitrogens with zero attached hydrogens (tertiary/aromatic N) is 1. The van der Waals surface area contributed by atoms with E-state index in [0.29, 0.717) is 18.3 Å². The number of ether oxygens (including phenoxy) is 1. The summed E-state index contributed by atoms with van der Waals surface area (Å²) in [6.07, 6.45) is 10.6. The van der Waals surface area contributed by atoms with E-state index in [9.17, 15) is 10.2 Å². The molecule has 140 valence electrons. The van der Waals surface area contributed by atoms with Crippen LogP contribution in [0.3, 0.4) is 0 Å². The number of rotatable bonds is 3. The zero-order valence-corrected chi connectivity index (χ0v) is 15.8. The number of fused-ring (bicyclic) bond motifs is 2. The van der Waals surface area contributed by atoms with Gasteiger partial charge in [-0.15, -0.1) is 0 Å². The quantitative estimate of drug-likeness (QED) is 0.816. The summed E-state index contributed by atoms with van der Waals surface area (Å²) in [5, 5.41) is 21.7. The Kier molecular flexibility index (Phi) is 4.97. The topological polar surface area (TPSA) is 62.6 Å². The molecule has 4 rings (SSSR count). The van der Waals surface area contributed by atoms with E-state index in [1.807, 2.05) is 13.1 Å². The van der Waals surface area contributed by atoms with Crippen molar-refractivity contribution in [3.63, 3.8) is 0 Å². The standard InChI is InChI=1S/C21H30BNO3/c1-13-19-18(10-9-16-8-7-15(22-2)12-23-16)17-6-4-3-5-14(17)11-21(19,25)20(24)26-13/h7-10,12-14,17-20,22,24-25H,3-6,11H2,1-2H3/b10-9+/t13-,14+,17-,18+,19+,20?,21+/m1/s1. The maximum atomic E-state index is 11.3. The summed E-state index contributed by atoms with van der Waals surface area (Å²) in [7, 11) is 0.991. The van der Waals surface area contributed by atoms with E-state index in [1.165, 1.54) is 24.7 Å². The number of aliphatic hydroxyl groups excluding tert-OH is 1. The molecule has 26 heavy (non-hydrogen) atoms. The van der Waals surface area contributed by atoms with E-state index in [1.54, 1.807) is 0 Å². The first kappa shape index (κ1) is 18.2. The van der Waals surface area contributed by atoms with Crippen molar-refractivity contribution < 1.29 is 14.9 Å². The summed E-state index contributed by atoms with van der Waals surface area (Å²) in [6.45, 7) is 4.12. The van der Waals surface area contributed by atoms with Crippen LogP contribution >= 0.6 is 0 Å². The van der Waals surface area contributed by atoms with Crippen molar-refractivity contribution >= 4 is 18.8 Å². The smallest absolute Gasteiger partial charge is 0.184 e. The molecule has 5 heteroatoms. The molecule has 3 fully saturated rings. The van der Waals surface area contributed by atoms with Gasteiger partial charge in [0.15, 0.2) is 13.6 Å². The Morgan fingerprint density at radius 1 is 1.31 bits per heavy atom. The van der Waals surface area contributed by atoms with Crippen LogP contribution in [0.4, 0.5) is 0 Å². The van der Waals surface area contributed by atoms with Crippen LogP contribution in [0, 0.1) is 23.7 Å². The zero-order chi connectivity index (χ0) is 18.3. The number of hydrogen-bond acceptors (Lipinski definition) is 4. The summed E-state index contributed by atoms with van der Waals surface area (Å²) < 4.78 is 5.69. The number of allylic oxidation sites excluding steroid dienone is 1. The highest BCUT2D eigenvalue weighted by molar-refractivity contribution is 6.51. The van der Waals surface area contributed by atoms with E-state index >= 15 is 0 Å². The number of pyridine rings is 1. The maximum absolute atomic E-state index is 11.3. The van der Waals surface area contributed by atoms with E-state index < -0.39 is 11.9 Å². The predicted octanol–water partition coefficient (Wildman–Crippen LogP) is 2.12. The van der Waals surface area contributed by atoms with E-state index in [4.69, 9.17) is 4.74 Å². The van der Waals surface area contributed by atoms with E-state index in [-0.39, 0.29) is 17.9 Å². The minimum Gasteiger partial charge on any atom is -0.384 e. The Hall–Kier alpha value is -1.17. The van der Waals surface area contributed by atoms with Gasteiger partial charge in [0.2, 0.25) is 0 Å². The van der Waals surface area contributed by atoms with Crippen molar-refractivity contribution in [1.82, 2.24) is 4.98 Å². The average Bonchev–Trinajstić information content (AvgIpc) is 2.88. The molecule has 7 atom stereocenters. The first-order chi connectivity index (χ1) is 12.5. The molecule has 0 bridgehead atoms. The highest BCUT2D eigenvalue weighted by Crippen LogP contribution is 2.56. The lowest BCUT2D eigenvalue weighted by Gasteiger charge is -2.50. The second-order valence-electron chi connectivity index (χ2n) is 8.50. The predicted molar refractivity (Wildman–Crippen MR) is 104 cm³/mol. The average molecular weight is 355 g/mol. The molecule has 2 heterocycles. The van der Waals surface area contributed by atoms with Gasteiger partial charge in [0.25, 0.3) is 0 Å². The fourth-order valence-electron chi connectivity index (χ4n) is 5.76. The van der Waals surface area contributed by atoms with Crippen LogP contribution in [0.25, 0.3) is 6.08 Å². The van der Waals surface area contributed by atoms with Gasteiger partial charge in [-0.25, -0.2) is 0 Å². The summed E-state index contributed by atoms with van der Waals surface area (Å²) in [5.41, 5.74) is 1.07. The molecule has 1 aliphatic heterocycles. The Balaban J connectivity index is 1.64. The monoisotopic (exact) mass is 355 g/mol. The van der Waals surface area contributed by atoms with Gasteiger partial charge in [-0.3, -0.25) is 4.98 Å². The first-order valence-electron chi connectivity index (χ1n) is 10.2. The van der Waals surface area contributed by atoms with Gasteiger partial charge < -0.3 is 14.9 Å². The first-order valence-corrected chi connectivity index (χ1v) is 10.2. The fraction of sp³-hybridized carbons (Fsp3) is 0.667. The second kappa shape index (κ2) is 7.10. The molecule has 0 amide bonds. The van der Waals surface area contributed by atoms with Crippen LogP contribution < -0.4 is 5.46 Å². The summed E-state index contributed by atoms with van der Waals surface area (Å²) >= 11 is 0. The van der Waals surface area contributed by atoms with Gasteiger partial charge in [-0.1, -0.05) is 43.7 Å². The van der Waals surface area contributed by atoms with Crippen molar-refractivity contribution in [1.29, 1.82) is 0 Å². The summed E-state index contributed by atoms with van der Waals surface area (Å²) in [6, 6.07) is 4.19. The molecule has 2 saturated carbocycles. The molecule has 0 aromatic carbocycles. The molecule has 1 aromatic heterocycles. The lowest BCUT2D eigenvalue weighted by molar-refractivity contribution is -0.193. The molecule has 2 aliphatic carbocycles. The van der Waals surface area contributed by atoms with Crippen LogP contribution in [-0.4, -0.2) is 40.5 Å². The zero-order valence-electron chi connectivity index (χ0n) is 15.8. The third kappa shape index (κ3) is 3.04. The molecular weight excluding hydrogens is 325 g/mol. The molecule has 2 N–H and O–H groups in total. The van der Waals surface area contributed by atoms with Crippen molar-refractivity contribution in [2.24, 2.45) is 23.7 Å². The minimum absolute atomic E-state index is 0.0528. The highest BCUT2D eigenvalue weighted by atomic mass is 16.6. The molecule has 1 saturated heterocycles. The molecule has 1 unspecified atom stereocenters. The van der Waals surface area contributed by atoms with Crippen molar-refractivity contribution in [2.75, 3.05) is 0 Å². The third-order valence-electron chi connectivity index (χ3n) is 7.07. The van der Waals surface area contributed by atoms with Crippen molar-refractivity contribution in [2.45, 2.75) is 63.8 Å². The van der Waals surface area contributed by atoms with E-state index in [2.05, 4.69) is 36.1 Å². The van der Waals surface area contributed by atoms with Crippen LogP contribution in [0.2, 0.25) is 6.82 Å². The van der Waals surface area contributed by atoms with Gasteiger partial charge in [-0.2, -0.15) is 0 Å². The van der Waals surface area contributed by atoms with Crippen molar-refractivity contribution in [3.05, 3.63) is 30.1 Å². The SMILES string of the molecule is CBc1ccc(/C=C/[C@H]2[C@@H]3CCCC[C@H]3C[C@@]3(O)C(O)O[C@H](C)[C@@H]23)nc1. The Morgan fingerprint density at radius 3 is 2.85 bits per heavy atom. The molecule has 0 radical (unpaired) electrons. The number of hydrogen-bond donors (Lipinski definition) is 2. The lowest BCUT2D eigenvalue weighted by Crippen LogP contribution is -2.55. The Bertz CT molecular complexity index is 664. The number of aromatic nitrogens is 1. The third-order valence-corrected chi connectivity index (χ3v) is 7.07. The fourth-order valence-corrected chi connectivity index (χ4v) is 5.76.